The maximum absolute atomic E-state index is 5.74. The molecule has 0 atom stereocenters. The summed E-state index contributed by atoms with van der Waals surface area (Å²) in [6.45, 7) is 5.27. The van der Waals surface area contributed by atoms with Crippen molar-refractivity contribution in [3.8, 4) is 0 Å². The number of aromatic nitrogens is 2. The quantitative estimate of drug-likeness (QED) is 0.881. The van der Waals surface area contributed by atoms with E-state index in [0.717, 1.165) is 29.8 Å². The number of nitrogens with two attached hydrogens (primary N) is 1. The molecule has 2 aromatic rings. The van der Waals surface area contributed by atoms with E-state index in [0.29, 0.717) is 6.54 Å². The highest BCUT2D eigenvalue weighted by atomic mass is 79.9. The fourth-order valence-electron chi connectivity index (χ4n) is 2.30. The Labute approximate surface area is 128 Å². The van der Waals surface area contributed by atoms with Gasteiger partial charge in [-0.05, 0) is 28.4 Å². The van der Waals surface area contributed by atoms with Gasteiger partial charge in [0.05, 0.1) is 15.9 Å². The van der Waals surface area contributed by atoms with Crippen LogP contribution in [-0.2, 0) is 20.1 Å². The highest BCUT2D eigenvalue weighted by Crippen LogP contribution is 2.22. The Kier molecular flexibility index (Phi) is 5.34. The molecule has 0 spiro atoms. The second-order valence-electron chi connectivity index (χ2n) is 4.95. The molecule has 0 fully saturated rings. The van der Waals surface area contributed by atoms with Gasteiger partial charge in [0.2, 0.25) is 0 Å². The van der Waals surface area contributed by atoms with Crippen LogP contribution in [0.3, 0.4) is 0 Å². The fraction of sp³-hybridized carbons (Fsp3) is 0.400. The minimum Gasteiger partial charge on any atom is -0.329 e. The van der Waals surface area contributed by atoms with Gasteiger partial charge in [-0.25, -0.2) is 0 Å². The molecule has 0 aliphatic heterocycles. The van der Waals surface area contributed by atoms with E-state index in [2.05, 4.69) is 50.2 Å². The number of halogens is 1. The van der Waals surface area contributed by atoms with Crippen molar-refractivity contribution in [3.63, 3.8) is 0 Å². The molecular weight excluding hydrogens is 316 g/mol. The van der Waals surface area contributed by atoms with Crippen LogP contribution in [0.5, 0.6) is 0 Å². The third kappa shape index (κ3) is 3.69. The van der Waals surface area contributed by atoms with E-state index in [1.54, 1.807) is 0 Å². The van der Waals surface area contributed by atoms with Gasteiger partial charge in [0.15, 0.2) is 0 Å². The Bertz CT molecular complexity index is 551. The number of aryl methyl sites for hydroxylation is 2. The van der Waals surface area contributed by atoms with Crippen LogP contribution in [-0.4, -0.2) is 27.8 Å². The molecule has 2 rings (SSSR count). The van der Waals surface area contributed by atoms with Gasteiger partial charge >= 0.3 is 0 Å². The average Bonchev–Trinajstić information content (AvgIpc) is 2.67. The first-order valence-electron chi connectivity index (χ1n) is 6.76. The lowest BCUT2D eigenvalue weighted by Crippen LogP contribution is -2.29. The zero-order chi connectivity index (χ0) is 14.5. The number of hydrogen-bond donors (Lipinski definition) is 1. The Balaban J connectivity index is 2.13. The highest BCUT2D eigenvalue weighted by molar-refractivity contribution is 9.10. The van der Waals surface area contributed by atoms with Crippen molar-refractivity contribution in [2.24, 2.45) is 12.8 Å². The van der Waals surface area contributed by atoms with Crippen LogP contribution in [0.15, 0.2) is 34.8 Å². The van der Waals surface area contributed by atoms with Gasteiger partial charge in [0, 0.05) is 33.2 Å². The summed E-state index contributed by atoms with van der Waals surface area (Å²) in [7, 11) is 1.98. The molecule has 108 valence electrons. The summed E-state index contributed by atoms with van der Waals surface area (Å²) in [4.78, 5) is 2.34. The van der Waals surface area contributed by atoms with Crippen molar-refractivity contribution in [2.75, 3.05) is 13.1 Å². The molecule has 1 aromatic carbocycles. The number of rotatable bonds is 6. The van der Waals surface area contributed by atoms with Crippen molar-refractivity contribution in [1.82, 2.24) is 14.7 Å². The summed E-state index contributed by atoms with van der Waals surface area (Å²) in [6.07, 6.45) is 0. The summed E-state index contributed by atoms with van der Waals surface area (Å²) < 4.78 is 3.03. The van der Waals surface area contributed by atoms with E-state index >= 15 is 0 Å². The standard InChI is InChI=1S/C15H21BrN4/c1-12-15(16)14(19(2)18-12)11-20(9-8-17)10-13-6-4-3-5-7-13/h3-7H,8-11,17H2,1-2H3. The van der Waals surface area contributed by atoms with Gasteiger partial charge in [-0.15, -0.1) is 0 Å². The molecule has 0 aliphatic rings. The Morgan fingerprint density at radius 3 is 2.50 bits per heavy atom. The average molecular weight is 337 g/mol. The third-order valence-electron chi connectivity index (χ3n) is 3.33. The Morgan fingerprint density at radius 2 is 1.95 bits per heavy atom. The van der Waals surface area contributed by atoms with Gasteiger partial charge in [0.25, 0.3) is 0 Å². The van der Waals surface area contributed by atoms with E-state index in [1.165, 1.54) is 11.3 Å². The second-order valence-corrected chi connectivity index (χ2v) is 5.75. The molecule has 0 aliphatic carbocycles. The first-order chi connectivity index (χ1) is 9.61. The maximum Gasteiger partial charge on any atom is 0.0739 e. The van der Waals surface area contributed by atoms with Crippen LogP contribution in [0, 0.1) is 6.92 Å². The minimum absolute atomic E-state index is 0.654. The summed E-state index contributed by atoms with van der Waals surface area (Å²) in [5.41, 5.74) is 9.25. The molecule has 1 heterocycles. The van der Waals surface area contributed by atoms with Crippen molar-refractivity contribution in [2.45, 2.75) is 20.0 Å². The number of benzene rings is 1. The number of hydrogen-bond acceptors (Lipinski definition) is 3. The van der Waals surface area contributed by atoms with Crippen LogP contribution in [0.1, 0.15) is 17.0 Å². The summed E-state index contributed by atoms with van der Waals surface area (Å²) >= 11 is 3.62. The van der Waals surface area contributed by atoms with Gasteiger partial charge < -0.3 is 5.73 Å². The molecule has 20 heavy (non-hydrogen) atoms. The van der Waals surface area contributed by atoms with Gasteiger partial charge in [-0.1, -0.05) is 30.3 Å². The van der Waals surface area contributed by atoms with E-state index in [-0.39, 0.29) is 0 Å². The molecule has 4 nitrogen and oxygen atoms in total. The van der Waals surface area contributed by atoms with E-state index in [9.17, 15) is 0 Å². The second kappa shape index (κ2) is 7.02. The molecule has 0 saturated carbocycles. The van der Waals surface area contributed by atoms with Crippen molar-refractivity contribution in [3.05, 3.63) is 51.8 Å². The molecule has 0 amide bonds. The smallest absolute Gasteiger partial charge is 0.0739 e. The van der Waals surface area contributed by atoms with E-state index in [4.69, 9.17) is 5.73 Å². The molecule has 0 bridgehead atoms. The Morgan fingerprint density at radius 1 is 1.25 bits per heavy atom. The molecular formula is C15H21BrN4. The lowest BCUT2D eigenvalue weighted by molar-refractivity contribution is 0.257. The van der Waals surface area contributed by atoms with Crippen LogP contribution >= 0.6 is 15.9 Å². The van der Waals surface area contributed by atoms with Gasteiger partial charge in [0.1, 0.15) is 0 Å². The van der Waals surface area contributed by atoms with Crippen LogP contribution in [0.2, 0.25) is 0 Å². The lowest BCUT2D eigenvalue weighted by atomic mass is 10.2. The SMILES string of the molecule is Cc1nn(C)c(CN(CCN)Cc2ccccc2)c1Br. The van der Waals surface area contributed by atoms with Crippen molar-refractivity contribution in [1.29, 1.82) is 0 Å². The van der Waals surface area contributed by atoms with Crippen LogP contribution in [0.25, 0.3) is 0 Å². The van der Waals surface area contributed by atoms with E-state index in [1.807, 2.05) is 24.7 Å². The maximum atomic E-state index is 5.74. The van der Waals surface area contributed by atoms with E-state index < -0.39 is 0 Å². The Hall–Kier alpha value is -1.17. The van der Waals surface area contributed by atoms with Gasteiger partial charge in [-0.3, -0.25) is 9.58 Å². The highest BCUT2D eigenvalue weighted by Gasteiger charge is 2.14. The third-order valence-corrected chi connectivity index (χ3v) is 4.36. The normalized spacial score (nSPS) is 11.2. The molecule has 2 N–H and O–H groups in total. The zero-order valence-electron chi connectivity index (χ0n) is 12.0. The predicted octanol–water partition coefficient (Wildman–Crippen LogP) is 2.45. The van der Waals surface area contributed by atoms with Crippen LogP contribution < -0.4 is 5.73 Å². The summed E-state index contributed by atoms with van der Waals surface area (Å²) in [6, 6.07) is 10.5. The largest absolute Gasteiger partial charge is 0.329 e. The summed E-state index contributed by atoms with van der Waals surface area (Å²) in [5, 5.41) is 4.44. The molecule has 1 aromatic heterocycles. The fourth-order valence-corrected chi connectivity index (χ4v) is 2.76. The molecule has 5 heteroatoms. The molecule has 0 saturated heterocycles. The number of nitrogens with zero attached hydrogens (tertiary/aromatic N) is 3. The monoisotopic (exact) mass is 336 g/mol. The summed E-state index contributed by atoms with van der Waals surface area (Å²) in [5.74, 6) is 0. The van der Waals surface area contributed by atoms with Crippen LogP contribution in [0.4, 0.5) is 0 Å². The van der Waals surface area contributed by atoms with Crippen molar-refractivity contribution < 1.29 is 0 Å². The van der Waals surface area contributed by atoms with Gasteiger partial charge in [-0.2, -0.15) is 5.10 Å². The van der Waals surface area contributed by atoms with Crippen molar-refractivity contribution >= 4 is 15.9 Å². The topological polar surface area (TPSA) is 47.1 Å². The molecule has 0 unspecified atom stereocenters. The predicted molar refractivity (Wildman–Crippen MR) is 85.3 cm³/mol. The zero-order valence-corrected chi connectivity index (χ0v) is 13.6. The minimum atomic E-state index is 0.654. The lowest BCUT2D eigenvalue weighted by Gasteiger charge is -2.22. The first-order valence-corrected chi connectivity index (χ1v) is 7.55. The molecule has 0 radical (unpaired) electrons. The first kappa shape index (κ1) is 15.2.